The number of anilines is 1. The van der Waals surface area contributed by atoms with Crippen LogP contribution in [0.5, 0.6) is 0 Å². The first-order valence-electron chi connectivity index (χ1n) is 8.67. The molecule has 2 heterocycles. The quantitative estimate of drug-likeness (QED) is 0.870. The minimum atomic E-state index is -0.340. The van der Waals surface area contributed by atoms with Gasteiger partial charge in [-0.15, -0.1) is 0 Å². The summed E-state index contributed by atoms with van der Waals surface area (Å²) < 4.78 is 0. The van der Waals surface area contributed by atoms with Crippen LogP contribution in [0.4, 0.5) is 5.82 Å². The average Bonchev–Trinajstić information content (AvgIpc) is 2.63. The van der Waals surface area contributed by atoms with Crippen molar-refractivity contribution in [2.75, 3.05) is 18.8 Å². The topological polar surface area (TPSA) is 84.1 Å². The van der Waals surface area contributed by atoms with Gasteiger partial charge in [-0.3, -0.25) is 9.69 Å². The molecule has 1 fully saturated rings. The van der Waals surface area contributed by atoms with E-state index in [1.165, 1.54) is 5.56 Å². The van der Waals surface area contributed by atoms with Gasteiger partial charge in [0.05, 0.1) is 6.54 Å². The fraction of sp³-hybridized carbons (Fsp3) is 0.421. The molecule has 1 aromatic carbocycles. The van der Waals surface area contributed by atoms with E-state index < -0.39 is 0 Å². The number of nitrogens with one attached hydrogen (secondary N) is 1. The Balaban J connectivity index is 1.50. The number of aromatic nitrogens is 2. The summed E-state index contributed by atoms with van der Waals surface area (Å²) in [6.45, 7) is 5.15. The normalized spacial score (nSPS) is 17.2. The zero-order chi connectivity index (χ0) is 17.7. The first-order chi connectivity index (χ1) is 12.0. The maximum absolute atomic E-state index is 12.6. The van der Waals surface area contributed by atoms with Crippen LogP contribution in [-0.4, -0.2) is 33.9 Å². The molecule has 3 rings (SSSR count). The molecule has 6 nitrogen and oxygen atoms in total. The van der Waals surface area contributed by atoms with Crippen molar-refractivity contribution in [2.24, 2.45) is 5.41 Å². The molecule has 0 saturated carbocycles. The largest absolute Gasteiger partial charge is 0.384 e. The summed E-state index contributed by atoms with van der Waals surface area (Å²) in [5.74, 6) is 1.02. The highest BCUT2D eigenvalue weighted by Crippen LogP contribution is 2.31. The summed E-state index contributed by atoms with van der Waals surface area (Å²) >= 11 is 0. The minimum absolute atomic E-state index is 0.0675. The summed E-state index contributed by atoms with van der Waals surface area (Å²) in [6.07, 6.45) is 3.31. The summed E-state index contributed by atoms with van der Waals surface area (Å²) in [4.78, 5) is 23.3. The number of hydrogen-bond acceptors (Lipinski definition) is 5. The molecule has 1 aliphatic heterocycles. The van der Waals surface area contributed by atoms with Crippen molar-refractivity contribution in [3.05, 3.63) is 54.0 Å². The monoisotopic (exact) mass is 339 g/mol. The lowest BCUT2D eigenvalue weighted by Crippen LogP contribution is -2.46. The molecule has 0 bridgehead atoms. The van der Waals surface area contributed by atoms with Crippen LogP contribution in [0.2, 0.25) is 0 Å². The average molecular weight is 339 g/mol. The Morgan fingerprint density at radius 2 is 1.96 bits per heavy atom. The van der Waals surface area contributed by atoms with Gasteiger partial charge >= 0.3 is 0 Å². The summed E-state index contributed by atoms with van der Waals surface area (Å²) in [7, 11) is 0. The van der Waals surface area contributed by atoms with Crippen molar-refractivity contribution < 1.29 is 4.79 Å². The van der Waals surface area contributed by atoms with Crippen LogP contribution >= 0.6 is 0 Å². The molecule has 2 aromatic rings. The number of likely N-dealkylation sites (tertiary alicyclic amines) is 1. The number of rotatable bonds is 5. The van der Waals surface area contributed by atoms with Crippen LogP contribution in [0.3, 0.4) is 0 Å². The third-order valence-electron chi connectivity index (χ3n) is 4.89. The van der Waals surface area contributed by atoms with Crippen LogP contribution < -0.4 is 11.1 Å². The number of carbonyl (C=O) groups excluding carboxylic acids is 1. The van der Waals surface area contributed by atoms with Gasteiger partial charge in [0.2, 0.25) is 5.91 Å². The van der Waals surface area contributed by atoms with E-state index in [0.717, 1.165) is 32.5 Å². The highest BCUT2D eigenvalue weighted by Gasteiger charge is 2.36. The van der Waals surface area contributed by atoms with E-state index in [2.05, 4.69) is 44.5 Å². The number of piperidine rings is 1. The highest BCUT2D eigenvalue weighted by molar-refractivity contribution is 5.82. The molecule has 1 aliphatic rings. The highest BCUT2D eigenvalue weighted by atomic mass is 16.2. The first kappa shape index (κ1) is 17.4. The Bertz CT molecular complexity index is 711. The molecule has 0 radical (unpaired) electrons. The second kappa shape index (κ2) is 7.61. The van der Waals surface area contributed by atoms with Crippen molar-refractivity contribution >= 4 is 11.7 Å². The van der Waals surface area contributed by atoms with E-state index in [9.17, 15) is 4.79 Å². The Kier molecular flexibility index (Phi) is 5.28. The number of hydrogen-bond donors (Lipinski definition) is 2. The van der Waals surface area contributed by atoms with E-state index in [1.807, 2.05) is 13.0 Å². The van der Waals surface area contributed by atoms with Gasteiger partial charge in [0.1, 0.15) is 11.6 Å². The molecule has 0 unspecified atom stereocenters. The van der Waals surface area contributed by atoms with E-state index in [0.29, 0.717) is 18.2 Å². The third-order valence-corrected chi connectivity index (χ3v) is 4.89. The molecular weight excluding hydrogens is 314 g/mol. The second-order valence-electron chi connectivity index (χ2n) is 6.90. The van der Waals surface area contributed by atoms with Gasteiger partial charge in [-0.2, -0.15) is 0 Å². The molecule has 0 spiro atoms. The van der Waals surface area contributed by atoms with Gasteiger partial charge < -0.3 is 11.1 Å². The van der Waals surface area contributed by atoms with Gasteiger partial charge in [0.25, 0.3) is 0 Å². The van der Waals surface area contributed by atoms with Crippen LogP contribution in [0, 0.1) is 5.41 Å². The molecule has 132 valence electrons. The van der Waals surface area contributed by atoms with Crippen molar-refractivity contribution in [3.8, 4) is 0 Å². The Labute approximate surface area is 148 Å². The van der Waals surface area contributed by atoms with Crippen molar-refractivity contribution in [2.45, 2.75) is 32.9 Å². The summed E-state index contributed by atoms with van der Waals surface area (Å²) in [6, 6.07) is 12.1. The Morgan fingerprint density at radius 3 is 2.64 bits per heavy atom. The number of amides is 1. The summed E-state index contributed by atoms with van der Waals surface area (Å²) in [5.41, 5.74) is 6.62. The van der Waals surface area contributed by atoms with Crippen LogP contribution in [0.15, 0.2) is 42.6 Å². The lowest BCUT2D eigenvalue weighted by Gasteiger charge is -2.38. The molecular formula is C19H25N5O. The lowest BCUT2D eigenvalue weighted by atomic mass is 9.79. The zero-order valence-corrected chi connectivity index (χ0v) is 14.6. The predicted octanol–water partition coefficient (Wildman–Crippen LogP) is 1.98. The van der Waals surface area contributed by atoms with Gasteiger partial charge in [0.15, 0.2) is 0 Å². The number of carbonyl (C=O) groups is 1. The van der Waals surface area contributed by atoms with Crippen molar-refractivity contribution in [1.82, 2.24) is 20.2 Å². The molecule has 1 saturated heterocycles. The number of benzene rings is 1. The predicted molar refractivity (Wildman–Crippen MR) is 97.4 cm³/mol. The van der Waals surface area contributed by atoms with E-state index in [4.69, 9.17) is 5.73 Å². The number of nitrogen functional groups attached to an aromatic ring is 1. The molecule has 1 aromatic heterocycles. The van der Waals surface area contributed by atoms with Crippen molar-refractivity contribution in [1.29, 1.82) is 0 Å². The van der Waals surface area contributed by atoms with Gasteiger partial charge in [-0.05, 0) is 37.6 Å². The van der Waals surface area contributed by atoms with Gasteiger partial charge in [-0.1, -0.05) is 37.3 Å². The maximum atomic E-state index is 12.6. The number of nitrogens with two attached hydrogens (primary N) is 1. The molecule has 6 heteroatoms. The smallest absolute Gasteiger partial charge is 0.226 e. The Morgan fingerprint density at radius 1 is 1.24 bits per heavy atom. The Hall–Kier alpha value is -2.47. The molecule has 3 N–H and O–H groups in total. The lowest BCUT2D eigenvalue weighted by molar-refractivity contribution is -0.133. The van der Waals surface area contributed by atoms with E-state index in [-0.39, 0.29) is 11.3 Å². The summed E-state index contributed by atoms with van der Waals surface area (Å²) in [5, 5.41) is 2.96. The second-order valence-corrected chi connectivity index (χ2v) is 6.90. The molecule has 1 amide bonds. The van der Waals surface area contributed by atoms with Crippen LogP contribution in [0.1, 0.15) is 31.2 Å². The number of nitrogens with zero attached hydrogens (tertiary/aromatic N) is 3. The van der Waals surface area contributed by atoms with Gasteiger partial charge in [-0.25, -0.2) is 9.97 Å². The molecule has 25 heavy (non-hydrogen) atoms. The standard InChI is InChI=1S/C19H25N5O/c1-19(18(25)22-13-17-21-10-7-16(20)23-17)8-11-24(12-9-19)14-15-5-3-2-4-6-15/h2-7,10H,8-9,11-14H2,1H3,(H,22,25)(H2,20,21,23). The van der Waals surface area contributed by atoms with Gasteiger partial charge in [0, 0.05) is 18.2 Å². The van der Waals surface area contributed by atoms with E-state index >= 15 is 0 Å². The molecule has 0 atom stereocenters. The third kappa shape index (κ3) is 4.54. The first-order valence-corrected chi connectivity index (χ1v) is 8.67. The fourth-order valence-corrected chi connectivity index (χ4v) is 3.15. The van der Waals surface area contributed by atoms with E-state index in [1.54, 1.807) is 12.3 Å². The minimum Gasteiger partial charge on any atom is -0.384 e. The molecule has 0 aliphatic carbocycles. The van der Waals surface area contributed by atoms with Crippen LogP contribution in [0.25, 0.3) is 0 Å². The zero-order valence-electron chi connectivity index (χ0n) is 14.6. The van der Waals surface area contributed by atoms with Crippen molar-refractivity contribution in [3.63, 3.8) is 0 Å². The maximum Gasteiger partial charge on any atom is 0.226 e. The fourth-order valence-electron chi connectivity index (χ4n) is 3.15. The SMILES string of the molecule is CC1(C(=O)NCc2nccc(N)n2)CCN(Cc2ccccc2)CC1. The van der Waals surface area contributed by atoms with Crippen LogP contribution in [-0.2, 0) is 17.9 Å².